The fourth-order valence-corrected chi connectivity index (χ4v) is 3.60. The third-order valence-electron chi connectivity index (χ3n) is 4.86. The average Bonchev–Trinajstić information content (AvgIpc) is 2.33. The van der Waals surface area contributed by atoms with E-state index in [9.17, 15) is 0 Å². The van der Waals surface area contributed by atoms with Crippen LogP contribution in [0.1, 0.15) is 57.8 Å². The molecule has 0 unspecified atom stereocenters. The van der Waals surface area contributed by atoms with Crippen LogP contribution in [-0.4, -0.2) is 12.6 Å². The van der Waals surface area contributed by atoms with Crippen LogP contribution >= 0.6 is 0 Å². The Morgan fingerprint density at radius 3 is 1.62 bits per heavy atom. The van der Waals surface area contributed by atoms with Gasteiger partial charge in [-0.15, -0.1) is 0 Å². The van der Waals surface area contributed by atoms with E-state index < -0.39 is 0 Å². The van der Waals surface area contributed by atoms with E-state index in [0.29, 0.717) is 6.04 Å². The molecule has 0 bridgehead atoms. The van der Waals surface area contributed by atoms with E-state index >= 15 is 0 Å². The van der Waals surface area contributed by atoms with Crippen molar-refractivity contribution in [3.63, 3.8) is 0 Å². The first-order valence-corrected chi connectivity index (χ1v) is 7.23. The Hall–Kier alpha value is -0.0800. The maximum absolute atomic E-state index is 5.95. The lowest BCUT2D eigenvalue weighted by atomic mass is 9.74. The Balaban J connectivity index is 1.66. The molecule has 0 atom stereocenters. The van der Waals surface area contributed by atoms with Gasteiger partial charge in [-0.25, -0.2) is 0 Å². The van der Waals surface area contributed by atoms with Crippen LogP contribution in [0.5, 0.6) is 0 Å². The molecular weight excluding hydrogens is 196 g/mol. The molecule has 0 aromatic rings. The minimum Gasteiger partial charge on any atom is -0.330 e. The molecule has 2 aliphatic carbocycles. The van der Waals surface area contributed by atoms with Crippen molar-refractivity contribution >= 4 is 0 Å². The van der Waals surface area contributed by atoms with E-state index in [1.807, 2.05) is 0 Å². The van der Waals surface area contributed by atoms with Gasteiger partial charge in [-0.05, 0) is 69.2 Å². The predicted octanol–water partition coefficient (Wildman–Crippen LogP) is 2.66. The fourth-order valence-electron chi connectivity index (χ4n) is 3.60. The van der Waals surface area contributed by atoms with Crippen molar-refractivity contribution in [1.82, 2.24) is 0 Å². The van der Waals surface area contributed by atoms with Gasteiger partial charge in [-0.1, -0.05) is 12.8 Å². The van der Waals surface area contributed by atoms with Crippen LogP contribution in [0, 0.1) is 17.8 Å². The average molecular weight is 224 g/mol. The van der Waals surface area contributed by atoms with Gasteiger partial charge in [0.25, 0.3) is 0 Å². The fraction of sp³-hybridized carbons (Fsp3) is 1.00. The summed E-state index contributed by atoms with van der Waals surface area (Å²) in [5.74, 6) is 2.82. The summed E-state index contributed by atoms with van der Waals surface area (Å²) in [6.45, 7) is 0.908. The van der Waals surface area contributed by atoms with Crippen molar-refractivity contribution in [3.8, 4) is 0 Å². The molecule has 2 aliphatic rings. The van der Waals surface area contributed by atoms with E-state index in [0.717, 1.165) is 24.3 Å². The maximum Gasteiger partial charge on any atom is 0.00390 e. The maximum atomic E-state index is 5.95. The molecule has 0 radical (unpaired) electrons. The summed E-state index contributed by atoms with van der Waals surface area (Å²) in [6, 6.07) is 0.504. The van der Waals surface area contributed by atoms with Crippen LogP contribution in [0.15, 0.2) is 0 Å². The zero-order chi connectivity index (χ0) is 11.4. The first-order chi connectivity index (χ1) is 7.78. The molecule has 0 aliphatic heterocycles. The highest BCUT2D eigenvalue weighted by molar-refractivity contribution is 4.79. The molecule has 2 heteroatoms. The predicted molar refractivity (Wildman–Crippen MR) is 69.1 cm³/mol. The lowest BCUT2D eigenvalue weighted by Gasteiger charge is -2.33. The van der Waals surface area contributed by atoms with Gasteiger partial charge in [0.2, 0.25) is 0 Å². The van der Waals surface area contributed by atoms with Crippen LogP contribution in [0.25, 0.3) is 0 Å². The second kappa shape index (κ2) is 6.02. The van der Waals surface area contributed by atoms with E-state index in [-0.39, 0.29) is 0 Å². The zero-order valence-corrected chi connectivity index (χ0v) is 10.5. The van der Waals surface area contributed by atoms with Gasteiger partial charge in [0.15, 0.2) is 0 Å². The Morgan fingerprint density at radius 1 is 0.688 bits per heavy atom. The second-order valence-electron chi connectivity index (χ2n) is 6.14. The summed E-state index contributed by atoms with van der Waals surface area (Å²) in [4.78, 5) is 0. The smallest absolute Gasteiger partial charge is 0.00390 e. The molecule has 2 fully saturated rings. The largest absolute Gasteiger partial charge is 0.330 e. The third kappa shape index (κ3) is 3.46. The molecule has 16 heavy (non-hydrogen) atoms. The number of nitrogens with two attached hydrogens (primary N) is 2. The molecule has 0 saturated heterocycles. The van der Waals surface area contributed by atoms with Crippen LogP contribution in [0.3, 0.4) is 0 Å². The van der Waals surface area contributed by atoms with Gasteiger partial charge in [0.05, 0.1) is 0 Å². The Labute approximate surface area is 100 Å². The van der Waals surface area contributed by atoms with Crippen molar-refractivity contribution in [3.05, 3.63) is 0 Å². The van der Waals surface area contributed by atoms with Crippen molar-refractivity contribution in [2.24, 2.45) is 29.2 Å². The van der Waals surface area contributed by atoms with Gasteiger partial charge in [0, 0.05) is 6.04 Å². The second-order valence-corrected chi connectivity index (χ2v) is 6.14. The van der Waals surface area contributed by atoms with Gasteiger partial charge in [0.1, 0.15) is 0 Å². The van der Waals surface area contributed by atoms with Crippen LogP contribution in [0.4, 0.5) is 0 Å². The molecule has 4 N–H and O–H groups in total. The molecule has 0 aromatic heterocycles. The minimum absolute atomic E-state index is 0.504. The lowest BCUT2D eigenvalue weighted by Crippen LogP contribution is -2.28. The van der Waals surface area contributed by atoms with Crippen LogP contribution in [0.2, 0.25) is 0 Å². The molecule has 2 rings (SSSR count). The standard InChI is InChI=1S/C14H28N2/c15-10-13-3-1-11(2-4-13)9-12-5-7-14(16)8-6-12/h11-14H,1-10,15-16H2/t11?,12-,13?,14+. The van der Waals surface area contributed by atoms with Crippen LogP contribution < -0.4 is 11.5 Å². The highest BCUT2D eigenvalue weighted by Crippen LogP contribution is 2.36. The quantitative estimate of drug-likeness (QED) is 0.774. The zero-order valence-electron chi connectivity index (χ0n) is 10.5. The Morgan fingerprint density at radius 2 is 1.12 bits per heavy atom. The summed E-state index contributed by atoms with van der Waals surface area (Å²) in [5, 5.41) is 0. The van der Waals surface area contributed by atoms with Gasteiger partial charge in [-0.2, -0.15) is 0 Å². The molecule has 2 saturated carbocycles. The van der Waals surface area contributed by atoms with Gasteiger partial charge in [-0.3, -0.25) is 0 Å². The van der Waals surface area contributed by atoms with Crippen molar-refractivity contribution in [2.75, 3.05) is 6.54 Å². The normalized spacial score (nSPS) is 40.9. The third-order valence-corrected chi connectivity index (χ3v) is 4.86. The first-order valence-electron chi connectivity index (χ1n) is 7.23. The van der Waals surface area contributed by atoms with Crippen molar-refractivity contribution < 1.29 is 0 Å². The summed E-state index contributed by atoms with van der Waals surface area (Å²) in [7, 11) is 0. The highest BCUT2D eigenvalue weighted by Gasteiger charge is 2.25. The van der Waals surface area contributed by atoms with E-state index in [1.165, 1.54) is 57.8 Å². The Bertz CT molecular complexity index is 189. The molecule has 0 amide bonds. The highest BCUT2D eigenvalue weighted by atomic mass is 14.6. The van der Waals surface area contributed by atoms with E-state index in [2.05, 4.69) is 0 Å². The first kappa shape index (κ1) is 12.4. The lowest BCUT2D eigenvalue weighted by molar-refractivity contribution is 0.208. The van der Waals surface area contributed by atoms with Gasteiger partial charge >= 0.3 is 0 Å². The topological polar surface area (TPSA) is 52.0 Å². The number of hydrogen-bond donors (Lipinski definition) is 2. The van der Waals surface area contributed by atoms with Crippen molar-refractivity contribution in [1.29, 1.82) is 0 Å². The monoisotopic (exact) mass is 224 g/mol. The van der Waals surface area contributed by atoms with Crippen molar-refractivity contribution in [2.45, 2.75) is 63.8 Å². The molecule has 0 spiro atoms. The molecule has 94 valence electrons. The van der Waals surface area contributed by atoms with Crippen LogP contribution in [-0.2, 0) is 0 Å². The summed E-state index contributed by atoms with van der Waals surface area (Å²) in [6.07, 6.45) is 12.4. The molecule has 2 nitrogen and oxygen atoms in total. The summed E-state index contributed by atoms with van der Waals surface area (Å²) < 4.78 is 0. The van der Waals surface area contributed by atoms with E-state index in [1.54, 1.807) is 0 Å². The summed E-state index contributed by atoms with van der Waals surface area (Å²) >= 11 is 0. The number of hydrogen-bond acceptors (Lipinski definition) is 2. The molecule has 0 heterocycles. The minimum atomic E-state index is 0.504. The Kier molecular flexibility index (Phi) is 4.66. The molecule has 0 aromatic carbocycles. The molecular formula is C14H28N2. The SMILES string of the molecule is NCC1CCC(C[C@H]2CC[C@@H](N)CC2)CC1. The number of rotatable bonds is 3. The van der Waals surface area contributed by atoms with E-state index in [4.69, 9.17) is 11.5 Å². The summed E-state index contributed by atoms with van der Waals surface area (Å²) in [5.41, 5.74) is 11.7. The van der Waals surface area contributed by atoms with Gasteiger partial charge < -0.3 is 11.5 Å².